The van der Waals surface area contributed by atoms with Gasteiger partial charge in [0.1, 0.15) is 11.9 Å². The molecular weight excluding hydrogens is 178 g/mol. The Hall–Kier alpha value is -0.610. The number of ether oxygens (including phenoxy) is 1. The molecular formula is C10H19N3O. The monoisotopic (exact) mass is 197 g/mol. The van der Waals surface area contributed by atoms with Crippen molar-refractivity contribution in [2.45, 2.75) is 50.7 Å². The van der Waals surface area contributed by atoms with E-state index in [1.165, 1.54) is 25.7 Å². The maximum absolute atomic E-state index is 5.54. The van der Waals surface area contributed by atoms with Gasteiger partial charge in [-0.3, -0.25) is 4.99 Å². The first-order valence-corrected chi connectivity index (χ1v) is 5.56. The van der Waals surface area contributed by atoms with Gasteiger partial charge in [-0.1, -0.05) is 12.8 Å². The average molecular weight is 197 g/mol. The summed E-state index contributed by atoms with van der Waals surface area (Å²) in [7, 11) is 0. The van der Waals surface area contributed by atoms with Crippen molar-refractivity contribution in [3.8, 4) is 0 Å². The maximum atomic E-state index is 5.54. The highest BCUT2D eigenvalue weighted by Gasteiger charge is 2.23. The van der Waals surface area contributed by atoms with Crippen LogP contribution < -0.4 is 11.3 Å². The molecule has 4 heteroatoms. The van der Waals surface area contributed by atoms with Gasteiger partial charge in [-0.25, -0.2) is 5.84 Å². The fourth-order valence-corrected chi connectivity index (χ4v) is 2.24. The number of nitrogens with two attached hydrogens (primary N) is 1. The second kappa shape index (κ2) is 4.75. The molecule has 0 aromatic carbocycles. The summed E-state index contributed by atoms with van der Waals surface area (Å²) < 4.78 is 5.54. The fourth-order valence-electron chi connectivity index (χ4n) is 2.24. The molecule has 1 unspecified atom stereocenters. The summed E-state index contributed by atoms with van der Waals surface area (Å²) in [5, 5.41) is 0. The number of nitrogens with zero attached hydrogens (tertiary/aromatic N) is 1. The summed E-state index contributed by atoms with van der Waals surface area (Å²) in [6.07, 6.45) is 7.32. The van der Waals surface area contributed by atoms with Crippen LogP contribution in [0.1, 0.15) is 38.5 Å². The Balaban J connectivity index is 1.95. The van der Waals surface area contributed by atoms with Gasteiger partial charge in [0.15, 0.2) is 0 Å². The van der Waals surface area contributed by atoms with Gasteiger partial charge in [0.25, 0.3) is 0 Å². The van der Waals surface area contributed by atoms with E-state index in [4.69, 9.17) is 10.6 Å². The van der Waals surface area contributed by atoms with Gasteiger partial charge in [0, 0.05) is 6.61 Å². The van der Waals surface area contributed by atoms with Gasteiger partial charge in [-0.15, -0.1) is 0 Å². The van der Waals surface area contributed by atoms with Gasteiger partial charge in [-0.2, -0.15) is 0 Å². The van der Waals surface area contributed by atoms with E-state index in [1.807, 2.05) is 0 Å². The molecule has 1 atom stereocenters. The summed E-state index contributed by atoms with van der Waals surface area (Å²) in [5.74, 6) is 6.33. The highest BCUT2D eigenvalue weighted by Crippen LogP contribution is 2.22. The van der Waals surface area contributed by atoms with E-state index in [2.05, 4.69) is 10.4 Å². The second-order valence-electron chi connectivity index (χ2n) is 4.10. The fraction of sp³-hybridized carbons (Fsp3) is 0.900. The van der Waals surface area contributed by atoms with E-state index in [0.717, 1.165) is 25.3 Å². The molecule has 0 aromatic rings. The first kappa shape index (κ1) is 9.93. The minimum absolute atomic E-state index is 0.126. The van der Waals surface area contributed by atoms with Crippen molar-refractivity contribution < 1.29 is 4.74 Å². The molecule has 80 valence electrons. The maximum Gasteiger partial charge on any atom is 0.140 e. The van der Waals surface area contributed by atoms with Crippen LogP contribution in [0, 0.1) is 0 Å². The number of aliphatic imine (C=N–C) groups is 1. The summed E-state index contributed by atoms with van der Waals surface area (Å²) in [5.41, 5.74) is 2.70. The Labute approximate surface area is 84.9 Å². The molecule has 0 bridgehead atoms. The number of nitrogens with one attached hydrogen (secondary N) is 1. The van der Waals surface area contributed by atoms with Crippen molar-refractivity contribution in [1.29, 1.82) is 0 Å². The predicted octanol–water partition coefficient (Wildman–Crippen LogP) is 0.970. The molecule has 2 aliphatic rings. The van der Waals surface area contributed by atoms with Crippen LogP contribution in [0.3, 0.4) is 0 Å². The highest BCUT2D eigenvalue weighted by molar-refractivity contribution is 5.86. The van der Waals surface area contributed by atoms with Gasteiger partial charge in [-0.05, 0) is 25.7 Å². The van der Waals surface area contributed by atoms with Crippen LogP contribution in [-0.2, 0) is 4.74 Å². The standard InChI is InChI=1S/C10H19N3O/c11-13-10(9-6-3-7-14-9)12-8-4-1-2-5-8/h8-9H,1-7,11H2,(H,12,13). The lowest BCUT2D eigenvalue weighted by Gasteiger charge is -2.14. The highest BCUT2D eigenvalue weighted by atomic mass is 16.5. The lowest BCUT2D eigenvalue weighted by atomic mass is 10.2. The summed E-state index contributed by atoms with van der Waals surface area (Å²) in [6.45, 7) is 0.843. The third-order valence-corrected chi connectivity index (χ3v) is 3.03. The Morgan fingerprint density at radius 3 is 2.57 bits per heavy atom. The van der Waals surface area contributed by atoms with Crippen LogP contribution in [0.2, 0.25) is 0 Å². The van der Waals surface area contributed by atoms with Crippen LogP contribution in [-0.4, -0.2) is 24.6 Å². The quantitative estimate of drug-likeness (QED) is 0.300. The lowest BCUT2D eigenvalue weighted by Crippen LogP contribution is -2.40. The van der Waals surface area contributed by atoms with Crippen LogP contribution in [0.4, 0.5) is 0 Å². The van der Waals surface area contributed by atoms with E-state index in [-0.39, 0.29) is 6.10 Å². The molecule has 1 heterocycles. The summed E-state index contributed by atoms with van der Waals surface area (Å²) in [4.78, 5) is 4.63. The Bertz CT molecular complexity index is 205. The third kappa shape index (κ3) is 2.25. The molecule has 0 spiro atoms. The number of hydrogen-bond acceptors (Lipinski definition) is 3. The molecule has 0 aromatic heterocycles. The first-order chi connectivity index (χ1) is 6.90. The topological polar surface area (TPSA) is 59.6 Å². The molecule has 1 aliphatic carbocycles. The molecule has 0 amide bonds. The van der Waals surface area contributed by atoms with E-state index in [0.29, 0.717) is 6.04 Å². The minimum Gasteiger partial charge on any atom is -0.370 e. The third-order valence-electron chi connectivity index (χ3n) is 3.03. The van der Waals surface area contributed by atoms with Crippen molar-refractivity contribution in [1.82, 2.24) is 5.43 Å². The largest absolute Gasteiger partial charge is 0.370 e. The SMILES string of the molecule is NNC(=NC1CCCC1)C1CCCO1. The van der Waals surface area contributed by atoms with Gasteiger partial charge in [0.2, 0.25) is 0 Å². The lowest BCUT2D eigenvalue weighted by molar-refractivity contribution is 0.155. The smallest absolute Gasteiger partial charge is 0.140 e. The molecule has 4 nitrogen and oxygen atoms in total. The zero-order valence-electron chi connectivity index (χ0n) is 8.54. The normalized spacial score (nSPS) is 29.8. The molecule has 0 radical (unpaired) electrons. The van der Waals surface area contributed by atoms with Crippen molar-refractivity contribution >= 4 is 5.84 Å². The molecule has 1 saturated heterocycles. The van der Waals surface area contributed by atoms with Crippen LogP contribution in [0.15, 0.2) is 4.99 Å². The van der Waals surface area contributed by atoms with Crippen molar-refractivity contribution in [2.75, 3.05) is 6.61 Å². The number of amidine groups is 1. The second-order valence-corrected chi connectivity index (χ2v) is 4.10. The van der Waals surface area contributed by atoms with E-state index in [1.54, 1.807) is 0 Å². The average Bonchev–Trinajstić information content (AvgIpc) is 2.86. The number of hydrazine groups is 1. The van der Waals surface area contributed by atoms with Gasteiger partial charge >= 0.3 is 0 Å². The molecule has 1 saturated carbocycles. The van der Waals surface area contributed by atoms with Crippen molar-refractivity contribution in [3.63, 3.8) is 0 Å². The Morgan fingerprint density at radius 1 is 1.21 bits per heavy atom. The summed E-state index contributed by atoms with van der Waals surface area (Å²) >= 11 is 0. The van der Waals surface area contributed by atoms with Gasteiger partial charge < -0.3 is 10.2 Å². The Morgan fingerprint density at radius 2 is 2.00 bits per heavy atom. The van der Waals surface area contributed by atoms with E-state index < -0.39 is 0 Å². The van der Waals surface area contributed by atoms with Crippen LogP contribution >= 0.6 is 0 Å². The number of hydrogen-bond donors (Lipinski definition) is 2. The van der Waals surface area contributed by atoms with Crippen molar-refractivity contribution in [2.24, 2.45) is 10.8 Å². The first-order valence-electron chi connectivity index (χ1n) is 5.56. The van der Waals surface area contributed by atoms with Crippen LogP contribution in [0.5, 0.6) is 0 Å². The predicted molar refractivity (Wildman–Crippen MR) is 56.0 cm³/mol. The molecule has 2 fully saturated rings. The van der Waals surface area contributed by atoms with Gasteiger partial charge in [0.05, 0.1) is 6.04 Å². The molecule has 2 rings (SSSR count). The summed E-state index contributed by atoms with van der Waals surface area (Å²) in [6, 6.07) is 0.477. The van der Waals surface area contributed by atoms with E-state index in [9.17, 15) is 0 Å². The van der Waals surface area contributed by atoms with E-state index >= 15 is 0 Å². The Kier molecular flexibility index (Phi) is 3.37. The molecule has 14 heavy (non-hydrogen) atoms. The molecule has 3 N–H and O–H groups in total. The zero-order valence-corrected chi connectivity index (χ0v) is 8.54. The van der Waals surface area contributed by atoms with Crippen LogP contribution in [0.25, 0.3) is 0 Å². The number of rotatable bonds is 2. The minimum atomic E-state index is 0.126. The zero-order chi connectivity index (χ0) is 9.80. The molecule has 1 aliphatic heterocycles. The van der Waals surface area contributed by atoms with Crippen molar-refractivity contribution in [3.05, 3.63) is 0 Å².